The highest BCUT2D eigenvalue weighted by Gasteiger charge is 2.26. The predicted molar refractivity (Wildman–Crippen MR) is 145 cm³/mol. The number of imidazole rings is 1. The standard InChI is InChI=1S/C28H30ClFN6O2/c29-24-15-22(30)5-4-21(24)16-34-8-6-23(7-9-34)36-18-31-25-27(35-10-12-38-13-11-35)32-26(33-28(25)36)20-3-1-2-19(14-20)17-37/h1-5,14-15,18,23,37H,6-13,16-17H2. The summed E-state index contributed by atoms with van der Waals surface area (Å²) in [4.78, 5) is 19.3. The minimum atomic E-state index is -0.315. The molecule has 4 aromatic rings. The van der Waals surface area contributed by atoms with Crippen molar-refractivity contribution in [2.75, 3.05) is 44.3 Å². The predicted octanol–water partition coefficient (Wildman–Crippen LogP) is 4.45. The minimum Gasteiger partial charge on any atom is -0.392 e. The first-order valence-electron chi connectivity index (χ1n) is 13.0. The minimum absolute atomic E-state index is 0.0357. The Morgan fingerprint density at radius 2 is 1.84 bits per heavy atom. The molecule has 2 fully saturated rings. The molecule has 0 atom stereocenters. The van der Waals surface area contributed by atoms with Gasteiger partial charge in [0.15, 0.2) is 22.8 Å². The lowest BCUT2D eigenvalue weighted by molar-refractivity contribution is 0.122. The van der Waals surface area contributed by atoms with Gasteiger partial charge in [0.1, 0.15) is 5.82 Å². The number of nitrogens with zero attached hydrogens (tertiary/aromatic N) is 6. The van der Waals surface area contributed by atoms with Crippen LogP contribution in [0.25, 0.3) is 22.6 Å². The summed E-state index contributed by atoms with van der Waals surface area (Å²) >= 11 is 6.27. The maximum atomic E-state index is 13.4. The number of hydrogen-bond donors (Lipinski definition) is 1. The number of morpholine rings is 1. The number of anilines is 1. The van der Waals surface area contributed by atoms with Gasteiger partial charge in [0.2, 0.25) is 0 Å². The molecular weight excluding hydrogens is 507 g/mol. The van der Waals surface area contributed by atoms with Crippen LogP contribution in [0.5, 0.6) is 0 Å². The lowest BCUT2D eigenvalue weighted by Crippen LogP contribution is -2.37. The van der Waals surface area contributed by atoms with E-state index in [4.69, 9.17) is 31.3 Å². The van der Waals surface area contributed by atoms with E-state index in [1.165, 1.54) is 12.1 Å². The second kappa shape index (κ2) is 10.9. The van der Waals surface area contributed by atoms with Crippen LogP contribution < -0.4 is 4.90 Å². The summed E-state index contributed by atoms with van der Waals surface area (Å²) in [6.07, 6.45) is 3.78. The van der Waals surface area contributed by atoms with Gasteiger partial charge in [-0.1, -0.05) is 35.9 Å². The Bertz CT molecular complexity index is 1430. The van der Waals surface area contributed by atoms with Gasteiger partial charge in [-0.2, -0.15) is 0 Å². The van der Waals surface area contributed by atoms with Crippen molar-refractivity contribution < 1.29 is 14.2 Å². The van der Waals surface area contributed by atoms with Gasteiger partial charge in [-0.15, -0.1) is 0 Å². The molecule has 0 spiro atoms. The average molecular weight is 537 g/mol. The highest BCUT2D eigenvalue weighted by Crippen LogP contribution is 2.32. The normalized spacial score (nSPS) is 17.4. The van der Waals surface area contributed by atoms with Gasteiger partial charge in [-0.05, 0) is 42.2 Å². The molecule has 2 aliphatic rings. The van der Waals surface area contributed by atoms with Crippen molar-refractivity contribution in [1.29, 1.82) is 0 Å². The van der Waals surface area contributed by atoms with Crippen molar-refractivity contribution in [2.45, 2.75) is 32.0 Å². The van der Waals surface area contributed by atoms with Crippen molar-refractivity contribution in [3.63, 3.8) is 0 Å². The van der Waals surface area contributed by atoms with Crippen LogP contribution in [0.1, 0.15) is 30.0 Å². The summed E-state index contributed by atoms with van der Waals surface area (Å²) in [6, 6.07) is 12.6. The molecule has 2 aromatic carbocycles. The van der Waals surface area contributed by atoms with Crippen LogP contribution in [0.15, 0.2) is 48.8 Å². The van der Waals surface area contributed by atoms with E-state index in [2.05, 4.69) is 14.4 Å². The summed E-state index contributed by atoms with van der Waals surface area (Å²) in [5, 5.41) is 10.1. The zero-order valence-corrected chi connectivity index (χ0v) is 21.8. The van der Waals surface area contributed by atoms with Gasteiger partial charge in [-0.3, -0.25) is 4.90 Å². The number of aliphatic hydroxyl groups is 1. The number of aromatic nitrogens is 4. The van der Waals surface area contributed by atoms with E-state index in [0.717, 1.165) is 72.7 Å². The molecule has 6 rings (SSSR count). The fraction of sp³-hybridized carbons (Fsp3) is 0.393. The van der Waals surface area contributed by atoms with E-state index in [0.29, 0.717) is 30.6 Å². The molecule has 0 unspecified atom stereocenters. The topological polar surface area (TPSA) is 79.5 Å². The molecule has 38 heavy (non-hydrogen) atoms. The first kappa shape index (κ1) is 25.2. The molecule has 1 N–H and O–H groups in total. The number of rotatable bonds is 6. The maximum Gasteiger partial charge on any atom is 0.166 e. The van der Waals surface area contributed by atoms with E-state index in [1.54, 1.807) is 6.07 Å². The number of likely N-dealkylation sites (tertiary alicyclic amines) is 1. The smallest absolute Gasteiger partial charge is 0.166 e. The van der Waals surface area contributed by atoms with E-state index in [9.17, 15) is 9.50 Å². The maximum absolute atomic E-state index is 13.4. The molecule has 2 aliphatic heterocycles. The molecule has 8 nitrogen and oxygen atoms in total. The second-order valence-corrected chi connectivity index (χ2v) is 10.3. The number of piperidine rings is 1. The van der Waals surface area contributed by atoms with Gasteiger partial charge < -0.3 is 19.3 Å². The summed E-state index contributed by atoms with van der Waals surface area (Å²) in [5.74, 6) is 1.13. The monoisotopic (exact) mass is 536 g/mol. The number of fused-ring (bicyclic) bond motifs is 1. The summed E-state index contributed by atoms with van der Waals surface area (Å²) in [5.41, 5.74) is 4.26. The molecule has 198 valence electrons. The quantitative estimate of drug-likeness (QED) is 0.390. The van der Waals surface area contributed by atoms with E-state index in [1.807, 2.05) is 30.6 Å². The molecular formula is C28H30ClFN6O2. The van der Waals surface area contributed by atoms with Gasteiger partial charge in [0, 0.05) is 49.4 Å². The molecule has 0 saturated carbocycles. The molecule has 10 heteroatoms. The third-order valence-corrected chi connectivity index (χ3v) is 7.79. The number of hydrogen-bond acceptors (Lipinski definition) is 7. The highest BCUT2D eigenvalue weighted by atomic mass is 35.5. The van der Waals surface area contributed by atoms with Crippen LogP contribution >= 0.6 is 11.6 Å². The van der Waals surface area contributed by atoms with Gasteiger partial charge in [-0.25, -0.2) is 19.3 Å². The van der Waals surface area contributed by atoms with Crippen LogP contribution in [0.3, 0.4) is 0 Å². The fourth-order valence-electron chi connectivity index (χ4n) is 5.35. The molecule has 0 bridgehead atoms. The first-order valence-corrected chi connectivity index (χ1v) is 13.4. The van der Waals surface area contributed by atoms with Crippen LogP contribution in [0.4, 0.5) is 10.2 Å². The zero-order chi connectivity index (χ0) is 26.1. The Morgan fingerprint density at radius 3 is 2.61 bits per heavy atom. The Hall–Kier alpha value is -3.11. The summed E-state index contributed by atoms with van der Waals surface area (Å²) in [7, 11) is 0. The number of benzene rings is 2. The first-order chi connectivity index (χ1) is 18.6. The van der Waals surface area contributed by atoms with Crippen LogP contribution in [-0.4, -0.2) is 68.9 Å². The summed E-state index contributed by atoms with van der Waals surface area (Å²) in [6.45, 7) is 5.25. The number of halogens is 2. The van der Waals surface area contributed by atoms with Crippen molar-refractivity contribution in [3.05, 3.63) is 70.8 Å². The molecule has 4 heterocycles. The van der Waals surface area contributed by atoms with Gasteiger partial charge >= 0.3 is 0 Å². The van der Waals surface area contributed by atoms with Crippen molar-refractivity contribution in [1.82, 2.24) is 24.4 Å². The third kappa shape index (κ3) is 5.11. The largest absolute Gasteiger partial charge is 0.392 e. The molecule has 0 amide bonds. The second-order valence-electron chi connectivity index (χ2n) is 9.90. The number of ether oxygens (including phenoxy) is 1. The molecule has 0 aliphatic carbocycles. The van der Waals surface area contributed by atoms with E-state index >= 15 is 0 Å². The SMILES string of the molecule is OCc1cccc(-c2nc(N3CCOCC3)c3ncn(C4CCN(Cc5ccc(F)cc5Cl)CC4)c3n2)c1. The molecule has 2 aromatic heterocycles. The van der Waals surface area contributed by atoms with Crippen molar-refractivity contribution >= 4 is 28.6 Å². The van der Waals surface area contributed by atoms with Crippen LogP contribution in [-0.2, 0) is 17.9 Å². The lowest BCUT2D eigenvalue weighted by Gasteiger charge is -2.33. The van der Waals surface area contributed by atoms with Gasteiger partial charge in [0.25, 0.3) is 0 Å². The van der Waals surface area contributed by atoms with Gasteiger partial charge in [0.05, 0.1) is 26.1 Å². The molecule has 0 radical (unpaired) electrons. The Balaban J connectivity index is 1.29. The van der Waals surface area contributed by atoms with Crippen molar-refractivity contribution in [2.24, 2.45) is 0 Å². The number of aliphatic hydroxyl groups excluding tert-OH is 1. The fourth-order valence-corrected chi connectivity index (χ4v) is 5.58. The lowest BCUT2D eigenvalue weighted by atomic mass is 10.0. The van der Waals surface area contributed by atoms with E-state index < -0.39 is 0 Å². The Labute approximate surface area is 225 Å². The van der Waals surface area contributed by atoms with Crippen molar-refractivity contribution in [3.8, 4) is 11.4 Å². The zero-order valence-electron chi connectivity index (χ0n) is 21.1. The van der Waals surface area contributed by atoms with Crippen LogP contribution in [0, 0.1) is 5.82 Å². The van der Waals surface area contributed by atoms with Crippen LogP contribution in [0.2, 0.25) is 5.02 Å². The highest BCUT2D eigenvalue weighted by molar-refractivity contribution is 6.31. The average Bonchev–Trinajstić information content (AvgIpc) is 3.39. The summed E-state index contributed by atoms with van der Waals surface area (Å²) < 4.78 is 21.2. The Kier molecular flexibility index (Phi) is 7.25. The Morgan fingerprint density at radius 1 is 1.03 bits per heavy atom. The van der Waals surface area contributed by atoms with E-state index in [-0.39, 0.29) is 18.5 Å². The molecule has 2 saturated heterocycles. The third-order valence-electron chi connectivity index (χ3n) is 7.44.